The normalized spacial score (nSPS) is 12.2. The van der Waals surface area contributed by atoms with E-state index < -0.39 is 0 Å². The first-order valence-electron chi connectivity index (χ1n) is 6.44. The number of methoxy groups -OCH3 is 1. The van der Waals surface area contributed by atoms with Gasteiger partial charge in [-0.25, -0.2) is 0 Å². The topological polar surface area (TPSA) is 9.23 Å². The van der Waals surface area contributed by atoms with Crippen molar-refractivity contribution in [3.05, 3.63) is 64.7 Å². The van der Waals surface area contributed by atoms with Gasteiger partial charge in [-0.05, 0) is 37.5 Å². The number of rotatable bonds is 4. The summed E-state index contributed by atoms with van der Waals surface area (Å²) in [5, 5.41) is 0. The van der Waals surface area contributed by atoms with Crippen LogP contribution >= 0.6 is 15.9 Å². The fourth-order valence-electron chi connectivity index (χ4n) is 2.37. The predicted octanol–water partition coefficient (Wildman–Crippen LogP) is 4.99. The standard InChI is InChI=1S/C17H19BrO/c1-12-8-13(2)10-15(9-12)16(18)11-14-6-4-5-7-17(14)19-3/h4-10,16H,11H2,1-3H3. The molecular formula is C17H19BrO. The molecule has 1 atom stereocenters. The molecule has 100 valence electrons. The van der Waals surface area contributed by atoms with E-state index in [0.717, 1.165) is 12.2 Å². The lowest BCUT2D eigenvalue weighted by Crippen LogP contribution is -1.99. The van der Waals surface area contributed by atoms with Crippen LogP contribution in [-0.4, -0.2) is 7.11 Å². The number of halogens is 1. The van der Waals surface area contributed by atoms with E-state index in [9.17, 15) is 0 Å². The van der Waals surface area contributed by atoms with Gasteiger partial charge in [0.1, 0.15) is 5.75 Å². The summed E-state index contributed by atoms with van der Waals surface area (Å²) in [6.07, 6.45) is 0.924. The Kier molecular flexibility index (Phi) is 4.65. The Bertz CT molecular complexity index is 543. The number of aryl methyl sites for hydroxylation is 2. The van der Waals surface area contributed by atoms with E-state index >= 15 is 0 Å². The maximum absolute atomic E-state index is 5.41. The van der Waals surface area contributed by atoms with E-state index in [1.54, 1.807) is 7.11 Å². The Morgan fingerprint density at radius 2 is 1.68 bits per heavy atom. The number of ether oxygens (including phenoxy) is 1. The van der Waals surface area contributed by atoms with Crippen LogP contribution in [0.3, 0.4) is 0 Å². The molecule has 0 N–H and O–H groups in total. The maximum atomic E-state index is 5.41. The highest BCUT2D eigenvalue weighted by atomic mass is 79.9. The van der Waals surface area contributed by atoms with E-state index in [2.05, 4.69) is 60.1 Å². The molecule has 19 heavy (non-hydrogen) atoms. The number of hydrogen-bond donors (Lipinski definition) is 0. The van der Waals surface area contributed by atoms with Crippen molar-refractivity contribution in [3.8, 4) is 5.75 Å². The van der Waals surface area contributed by atoms with Gasteiger partial charge in [0, 0.05) is 4.83 Å². The van der Waals surface area contributed by atoms with Gasteiger partial charge in [0.2, 0.25) is 0 Å². The number of alkyl halides is 1. The minimum atomic E-state index is 0.308. The number of hydrogen-bond acceptors (Lipinski definition) is 1. The van der Waals surface area contributed by atoms with Gasteiger partial charge in [0.05, 0.1) is 7.11 Å². The summed E-state index contributed by atoms with van der Waals surface area (Å²) < 4.78 is 5.41. The summed E-state index contributed by atoms with van der Waals surface area (Å²) in [6, 6.07) is 14.9. The van der Waals surface area contributed by atoms with Gasteiger partial charge in [0.15, 0.2) is 0 Å². The Labute approximate surface area is 123 Å². The molecule has 0 aliphatic heterocycles. The van der Waals surface area contributed by atoms with Gasteiger partial charge in [-0.3, -0.25) is 0 Å². The van der Waals surface area contributed by atoms with Crippen LogP contribution < -0.4 is 4.74 Å². The molecule has 0 amide bonds. The summed E-state index contributed by atoms with van der Waals surface area (Å²) in [5.41, 5.74) is 5.16. The summed E-state index contributed by atoms with van der Waals surface area (Å²) in [6.45, 7) is 4.28. The lowest BCUT2D eigenvalue weighted by atomic mass is 10.00. The third-order valence-electron chi connectivity index (χ3n) is 3.20. The highest BCUT2D eigenvalue weighted by Gasteiger charge is 2.12. The van der Waals surface area contributed by atoms with Crippen LogP contribution in [0.25, 0.3) is 0 Å². The zero-order valence-corrected chi connectivity index (χ0v) is 13.2. The van der Waals surface area contributed by atoms with Crippen molar-refractivity contribution in [2.75, 3.05) is 7.11 Å². The first-order chi connectivity index (χ1) is 9.10. The second-order valence-electron chi connectivity index (χ2n) is 4.90. The maximum Gasteiger partial charge on any atom is 0.122 e. The molecule has 2 heteroatoms. The van der Waals surface area contributed by atoms with Gasteiger partial charge < -0.3 is 4.74 Å². The van der Waals surface area contributed by atoms with E-state index in [0.29, 0.717) is 4.83 Å². The van der Waals surface area contributed by atoms with Crippen molar-refractivity contribution in [1.82, 2.24) is 0 Å². The lowest BCUT2D eigenvalue weighted by molar-refractivity contribution is 0.409. The average molecular weight is 319 g/mol. The van der Waals surface area contributed by atoms with Crippen LogP contribution in [0.1, 0.15) is 27.1 Å². The third kappa shape index (κ3) is 3.60. The molecule has 2 aromatic rings. The molecular weight excluding hydrogens is 300 g/mol. The van der Waals surface area contributed by atoms with Crippen LogP contribution in [0.5, 0.6) is 5.75 Å². The first kappa shape index (κ1) is 14.1. The van der Waals surface area contributed by atoms with Crippen LogP contribution in [-0.2, 0) is 6.42 Å². The van der Waals surface area contributed by atoms with Crippen molar-refractivity contribution in [1.29, 1.82) is 0 Å². The second-order valence-corrected chi connectivity index (χ2v) is 6.01. The SMILES string of the molecule is COc1ccccc1CC(Br)c1cc(C)cc(C)c1. The Morgan fingerprint density at radius 1 is 1.05 bits per heavy atom. The van der Waals surface area contributed by atoms with Crippen LogP contribution in [0.4, 0.5) is 0 Å². The Balaban J connectivity index is 2.22. The van der Waals surface area contributed by atoms with Crippen molar-refractivity contribution >= 4 is 15.9 Å². The van der Waals surface area contributed by atoms with Crippen molar-refractivity contribution in [3.63, 3.8) is 0 Å². The lowest BCUT2D eigenvalue weighted by Gasteiger charge is -2.14. The van der Waals surface area contributed by atoms with Gasteiger partial charge in [-0.15, -0.1) is 0 Å². The van der Waals surface area contributed by atoms with Gasteiger partial charge in [-0.1, -0.05) is 63.5 Å². The predicted molar refractivity (Wildman–Crippen MR) is 84.3 cm³/mol. The van der Waals surface area contributed by atoms with Crippen molar-refractivity contribution in [2.24, 2.45) is 0 Å². The van der Waals surface area contributed by atoms with Gasteiger partial charge in [0.25, 0.3) is 0 Å². The minimum absolute atomic E-state index is 0.308. The fraction of sp³-hybridized carbons (Fsp3) is 0.294. The molecule has 0 aromatic heterocycles. The largest absolute Gasteiger partial charge is 0.496 e. The molecule has 0 heterocycles. The molecule has 2 rings (SSSR count). The highest BCUT2D eigenvalue weighted by Crippen LogP contribution is 2.31. The van der Waals surface area contributed by atoms with Crippen LogP contribution in [0.2, 0.25) is 0 Å². The van der Waals surface area contributed by atoms with E-state index in [1.165, 1.54) is 22.3 Å². The summed E-state index contributed by atoms with van der Waals surface area (Å²) >= 11 is 3.80. The molecule has 1 nitrogen and oxygen atoms in total. The third-order valence-corrected chi connectivity index (χ3v) is 4.05. The summed E-state index contributed by atoms with van der Waals surface area (Å²) in [4.78, 5) is 0.308. The molecule has 0 spiro atoms. The molecule has 2 aromatic carbocycles. The first-order valence-corrected chi connectivity index (χ1v) is 7.36. The molecule has 0 saturated carbocycles. The van der Waals surface area contributed by atoms with Gasteiger partial charge >= 0.3 is 0 Å². The molecule has 1 unspecified atom stereocenters. The zero-order valence-electron chi connectivity index (χ0n) is 11.6. The van der Waals surface area contributed by atoms with Crippen LogP contribution in [0.15, 0.2) is 42.5 Å². The monoisotopic (exact) mass is 318 g/mol. The van der Waals surface area contributed by atoms with Crippen LogP contribution in [0, 0.1) is 13.8 Å². The van der Waals surface area contributed by atoms with Crippen molar-refractivity contribution < 1.29 is 4.74 Å². The van der Waals surface area contributed by atoms with E-state index in [-0.39, 0.29) is 0 Å². The highest BCUT2D eigenvalue weighted by molar-refractivity contribution is 9.09. The zero-order chi connectivity index (χ0) is 13.8. The summed E-state index contributed by atoms with van der Waals surface area (Å²) in [5.74, 6) is 0.955. The van der Waals surface area contributed by atoms with E-state index in [1.807, 2.05) is 12.1 Å². The quantitative estimate of drug-likeness (QED) is 0.721. The molecule has 0 fully saturated rings. The van der Waals surface area contributed by atoms with Crippen molar-refractivity contribution in [2.45, 2.75) is 25.1 Å². The van der Waals surface area contributed by atoms with Gasteiger partial charge in [-0.2, -0.15) is 0 Å². The molecule has 0 bridgehead atoms. The molecule has 0 radical (unpaired) electrons. The van der Waals surface area contributed by atoms with E-state index in [4.69, 9.17) is 4.74 Å². The second kappa shape index (κ2) is 6.25. The minimum Gasteiger partial charge on any atom is -0.496 e. The Morgan fingerprint density at radius 3 is 2.32 bits per heavy atom. The molecule has 0 saturated heterocycles. The smallest absolute Gasteiger partial charge is 0.122 e. The number of para-hydroxylation sites is 1. The summed E-state index contributed by atoms with van der Waals surface area (Å²) in [7, 11) is 1.72. The molecule has 0 aliphatic carbocycles. The fourth-order valence-corrected chi connectivity index (χ4v) is 2.99. The Hall–Kier alpha value is -1.28. The number of benzene rings is 2. The molecule has 0 aliphatic rings. The average Bonchev–Trinajstić information content (AvgIpc) is 2.38.